The molecule has 0 aliphatic heterocycles. The zero-order chi connectivity index (χ0) is 12.7. The SMILES string of the molecule is Cc1c(Cl)ccc2nc(CCNC3CC3)n(C)c12. The normalized spacial score (nSPS) is 15.5. The molecule has 1 aromatic heterocycles. The highest BCUT2D eigenvalue weighted by atomic mass is 35.5. The fourth-order valence-electron chi connectivity index (χ4n) is 2.42. The first-order valence-electron chi connectivity index (χ1n) is 6.50. The Morgan fingerprint density at radius 2 is 2.22 bits per heavy atom. The molecule has 1 aliphatic carbocycles. The van der Waals surface area contributed by atoms with Gasteiger partial charge >= 0.3 is 0 Å². The van der Waals surface area contributed by atoms with Gasteiger partial charge in [-0.3, -0.25) is 0 Å². The minimum absolute atomic E-state index is 0.760. The van der Waals surface area contributed by atoms with Gasteiger partial charge in [-0.1, -0.05) is 11.6 Å². The van der Waals surface area contributed by atoms with Crippen molar-refractivity contribution >= 4 is 22.6 Å². The number of aromatic nitrogens is 2. The van der Waals surface area contributed by atoms with Crippen molar-refractivity contribution in [3.63, 3.8) is 0 Å². The lowest BCUT2D eigenvalue weighted by atomic mass is 10.2. The summed E-state index contributed by atoms with van der Waals surface area (Å²) in [6.07, 6.45) is 3.63. The Kier molecular flexibility index (Phi) is 3.04. The molecule has 0 saturated heterocycles. The molecule has 96 valence electrons. The van der Waals surface area contributed by atoms with Gasteiger partial charge in [0.25, 0.3) is 0 Å². The number of fused-ring (bicyclic) bond motifs is 1. The standard InChI is InChI=1S/C14H18ClN3/c1-9-11(15)5-6-12-14(9)18(2)13(17-12)7-8-16-10-3-4-10/h5-6,10,16H,3-4,7-8H2,1-2H3. The number of imidazole rings is 1. The van der Waals surface area contributed by atoms with Crippen molar-refractivity contribution < 1.29 is 0 Å². The summed E-state index contributed by atoms with van der Waals surface area (Å²) in [7, 11) is 2.07. The molecule has 18 heavy (non-hydrogen) atoms. The molecule has 1 aromatic carbocycles. The van der Waals surface area contributed by atoms with Crippen LogP contribution in [0.5, 0.6) is 0 Å². The van der Waals surface area contributed by atoms with E-state index < -0.39 is 0 Å². The number of nitrogens with zero attached hydrogens (tertiary/aromatic N) is 2. The van der Waals surface area contributed by atoms with Gasteiger partial charge in [-0.05, 0) is 37.5 Å². The number of aryl methyl sites for hydroxylation is 2. The highest BCUT2D eigenvalue weighted by molar-refractivity contribution is 6.32. The molecular weight excluding hydrogens is 246 g/mol. The minimum atomic E-state index is 0.760. The third-order valence-electron chi connectivity index (χ3n) is 3.67. The van der Waals surface area contributed by atoms with E-state index in [-0.39, 0.29) is 0 Å². The molecule has 0 spiro atoms. The summed E-state index contributed by atoms with van der Waals surface area (Å²) in [5.74, 6) is 1.13. The monoisotopic (exact) mass is 263 g/mol. The molecule has 1 fully saturated rings. The maximum absolute atomic E-state index is 6.17. The van der Waals surface area contributed by atoms with Crippen molar-refractivity contribution in [3.05, 3.63) is 28.5 Å². The van der Waals surface area contributed by atoms with Gasteiger partial charge < -0.3 is 9.88 Å². The number of hydrogen-bond donors (Lipinski definition) is 1. The Hall–Kier alpha value is -1.06. The van der Waals surface area contributed by atoms with E-state index in [1.807, 2.05) is 12.1 Å². The third kappa shape index (κ3) is 2.13. The van der Waals surface area contributed by atoms with Crippen molar-refractivity contribution in [2.24, 2.45) is 7.05 Å². The summed E-state index contributed by atoms with van der Waals surface area (Å²) < 4.78 is 2.17. The van der Waals surface area contributed by atoms with Crippen molar-refractivity contribution in [2.45, 2.75) is 32.2 Å². The van der Waals surface area contributed by atoms with Crippen LogP contribution in [-0.2, 0) is 13.5 Å². The number of nitrogens with one attached hydrogen (secondary N) is 1. The van der Waals surface area contributed by atoms with Gasteiger partial charge in [0.05, 0.1) is 11.0 Å². The second-order valence-electron chi connectivity index (χ2n) is 5.11. The molecule has 0 unspecified atom stereocenters. The van der Waals surface area contributed by atoms with Gasteiger partial charge in [-0.15, -0.1) is 0 Å². The summed E-state index contributed by atoms with van der Waals surface area (Å²) in [6.45, 7) is 3.06. The van der Waals surface area contributed by atoms with E-state index in [0.717, 1.165) is 46.5 Å². The van der Waals surface area contributed by atoms with Crippen LogP contribution in [0.15, 0.2) is 12.1 Å². The maximum atomic E-state index is 6.17. The van der Waals surface area contributed by atoms with E-state index in [4.69, 9.17) is 16.6 Å². The number of benzene rings is 1. The highest BCUT2D eigenvalue weighted by Gasteiger charge is 2.20. The van der Waals surface area contributed by atoms with Gasteiger partial charge in [0, 0.05) is 31.1 Å². The Morgan fingerprint density at radius 3 is 2.94 bits per heavy atom. The minimum Gasteiger partial charge on any atom is -0.331 e. The molecule has 3 rings (SSSR count). The number of hydrogen-bond acceptors (Lipinski definition) is 2. The predicted octanol–water partition coefficient (Wildman–Crippen LogP) is 2.83. The quantitative estimate of drug-likeness (QED) is 0.919. The summed E-state index contributed by atoms with van der Waals surface area (Å²) >= 11 is 6.17. The van der Waals surface area contributed by atoms with Crippen molar-refractivity contribution in [3.8, 4) is 0 Å². The van der Waals surface area contributed by atoms with Gasteiger partial charge in [0.15, 0.2) is 0 Å². The molecule has 0 atom stereocenters. The van der Waals surface area contributed by atoms with Crippen LogP contribution in [-0.4, -0.2) is 22.1 Å². The lowest BCUT2D eigenvalue weighted by molar-refractivity contribution is 0.654. The number of rotatable bonds is 4. The largest absolute Gasteiger partial charge is 0.331 e. The fraction of sp³-hybridized carbons (Fsp3) is 0.500. The van der Waals surface area contributed by atoms with Crippen LogP contribution < -0.4 is 5.32 Å². The van der Waals surface area contributed by atoms with E-state index in [1.54, 1.807) is 0 Å². The fourth-order valence-corrected chi connectivity index (χ4v) is 2.57. The summed E-state index contributed by atoms with van der Waals surface area (Å²) in [4.78, 5) is 4.70. The topological polar surface area (TPSA) is 29.9 Å². The van der Waals surface area contributed by atoms with E-state index >= 15 is 0 Å². The van der Waals surface area contributed by atoms with E-state index in [1.165, 1.54) is 12.8 Å². The van der Waals surface area contributed by atoms with Gasteiger partial charge in [-0.25, -0.2) is 4.98 Å². The van der Waals surface area contributed by atoms with Crippen LogP contribution in [0.2, 0.25) is 5.02 Å². The van der Waals surface area contributed by atoms with Crippen molar-refractivity contribution in [2.75, 3.05) is 6.54 Å². The Bertz CT molecular complexity index is 584. The molecular formula is C14H18ClN3. The second-order valence-corrected chi connectivity index (χ2v) is 5.51. The van der Waals surface area contributed by atoms with E-state index in [0.29, 0.717) is 0 Å². The van der Waals surface area contributed by atoms with Crippen molar-refractivity contribution in [1.82, 2.24) is 14.9 Å². The molecule has 1 heterocycles. The summed E-state index contributed by atoms with van der Waals surface area (Å²) in [6, 6.07) is 4.69. The first-order valence-corrected chi connectivity index (χ1v) is 6.88. The average molecular weight is 264 g/mol. The maximum Gasteiger partial charge on any atom is 0.110 e. The first kappa shape index (κ1) is 12.0. The Labute approximate surface area is 112 Å². The zero-order valence-corrected chi connectivity index (χ0v) is 11.6. The van der Waals surface area contributed by atoms with Crippen LogP contribution in [0.25, 0.3) is 11.0 Å². The average Bonchev–Trinajstić information content (AvgIpc) is 3.10. The molecule has 0 amide bonds. The number of halogens is 1. The summed E-state index contributed by atoms with van der Waals surface area (Å²) in [5.41, 5.74) is 3.32. The molecule has 0 radical (unpaired) electrons. The molecule has 0 bridgehead atoms. The Balaban J connectivity index is 1.87. The van der Waals surface area contributed by atoms with Crippen LogP contribution in [0.3, 0.4) is 0 Å². The van der Waals surface area contributed by atoms with Gasteiger partial charge in [0.2, 0.25) is 0 Å². The third-order valence-corrected chi connectivity index (χ3v) is 4.08. The molecule has 3 nitrogen and oxygen atoms in total. The van der Waals surface area contributed by atoms with E-state index in [9.17, 15) is 0 Å². The van der Waals surface area contributed by atoms with Gasteiger partial charge in [0.1, 0.15) is 5.82 Å². The zero-order valence-electron chi connectivity index (χ0n) is 10.8. The predicted molar refractivity (Wildman–Crippen MR) is 75.2 cm³/mol. The summed E-state index contributed by atoms with van der Waals surface area (Å²) in [5, 5.41) is 4.34. The van der Waals surface area contributed by atoms with Crippen LogP contribution in [0.1, 0.15) is 24.2 Å². The van der Waals surface area contributed by atoms with Crippen LogP contribution >= 0.6 is 11.6 Å². The van der Waals surface area contributed by atoms with Crippen LogP contribution in [0, 0.1) is 6.92 Å². The molecule has 2 aromatic rings. The smallest absolute Gasteiger partial charge is 0.110 e. The first-order chi connectivity index (χ1) is 8.66. The van der Waals surface area contributed by atoms with Gasteiger partial charge in [-0.2, -0.15) is 0 Å². The molecule has 1 aliphatic rings. The second kappa shape index (κ2) is 4.56. The lowest BCUT2D eigenvalue weighted by Gasteiger charge is -2.05. The Morgan fingerprint density at radius 1 is 1.44 bits per heavy atom. The molecule has 1 N–H and O–H groups in total. The van der Waals surface area contributed by atoms with E-state index in [2.05, 4.69) is 23.9 Å². The molecule has 1 saturated carbocycles. The molecule has 4 heteroatoms. The van der Waals surface area contributed by atoms with Crippen LogP contribution in [0.4, 0.5) is 0 Å². The van der Waals surface area contributed by atoms with Crippen molar-refractivity contribution in [1.29, 1.82) is 0 Å². The lowest BCUT2D eigenvalue weighted by Crippen LogP contribution is -2.20. The highest BCUT2D eigenvalue weighted by Crippen LogP contribution is 2.25.